The first-order valence-electron chi connectivity index (χ1n) is 10.2. The average molecular weight is 446 g/mol. The van der Waals surface area contributed by atoms with E-state index in [-0.39, 0.29) is 17.7 Å². The van der Waals surface area contributed by atoms with Crippen molar-refractivity contribution >= 4 is 16.9 Å². The fraction of sp³-hybridized carbons (Fsp3) is 0.125. The molecule has 5 rings (SSSR count). The van der Waals surface area contributed by atoms with Crippen LogP contribution in [0.5, 0.6) is 5.75 Å². The summed E-state index contributed by atoms with van der Waals surface area (Å²) in [4.78, 5) is 16.0. The van der Waals surface area contributed by atoms with Gasteiger partial charge in [-0.05, 0) is 31.2 Å². The van der Waals surface area contributed by atoms with Crippen molar-refractivity contribution in [2.24, 2.45) is 0 Å². The first kappa shape index (κ1) is 20.6. The highest BCUT2D eigenvalue weighted by atomic mass is 19.1. The number of aromatic nitrogens is 5. The topological polar surface area (TPSA) is 94.6 Å². The lowest BCUT2D eigenvalue weighted by atomic mass is 10.1. The lowest BCUT2D eigenvalue weighted by Crippen LogP contribution is -2.07. The van der Waals surface area contributed by atoms with Gasteiger partial charge in [0.05, 0.1) is 36.0 Å². The molecule has 166 valence electrons. The van der Waals surface area contributed by atoms with Crippen molar-refractivity contribution in [1.29, 1.82) is 0 Å². The van der Waals surface area contributed by atoms with Crippen LogP contribution in [0.25, 0.3) is 33.5 Å². The zero-order chi connectivity index (χ0) is 23.1. The molecule has 0 bridgehead atoms. The summed E-state index contributed by atoms with van der Waals surface area (Å²) >= 11 is 0. The first-order chi connectivity index (χ1) is 16.0. The molecule has 1 atom stereocenters. The van der Waals surface area contributed by atoms with Gasteiger partial charge in [0, 0.05) is 23.4 Å². The molecule has 3 N–H and O–H groups in total. The number of hydrogen-bond acceptors (Lipinski definition) is 5. The second kappa shape index (κ2) is 8.01. The molecule has 7 nitrogen and oxygen atoms in total. The Morgan fingerprint density at radius 3 is 2.58 bits per heavy atom. The van der Waals surface area contributed by atoms with E-state index >= 15 is 0 Å². The summed E-state index contributed by atoms with van der Waals surface area (Å²) in [5.41, 5.74) is 8.73. The number of halogens is 2. The number of nitrogens with two attached hydrogens (primary N) is 1. The summed E-state index contributed by atoms with van der Waals surface area (Å²) in [6, 6.07) is 10.8. The third-order valence-corrected chi connectivity index (χ3v) is 5.70. The molecular weight excluding hydrogens is 426 g/mol. The molecular formula is C24H20F2N6O. The maximum atomic E-state index is 14.9. The Kier molecular flexibility index (Phi) is 5.01. The zero-order valence-electron chi connectivity index (χ0n) is 17.9. The fourth-order valence-corrected chi connectivity index (χ4v) is 3.94. The van der Waals surface area contributed by atoms with Gasteiger partial charge in [0.25, 0.3) is 0 Å². The monoisotopic (exact) mass is 446 g/mol. The van der Waals surface area contributed by atoms with Gasteiger partial charge in [0.1, 0.15) is 41.0 Å². The zero-order valence-corrected chi connectivity index (χ0v) is 17.9. The van der Waals surface area contributed by atoms with E-state index in [4.69, 9.17) is 10.5 Å². The third-order valence-electron chi connectivity index (χ3n) is 5.70. The Morgan fingerprint density at radius 1 is 1.00 bits per heavy atom. The van der Waals surface area contributed by atoms with Crippen LogP contribution in [-0.4, -0.2) is 31.6 Å². The molecule has 9 heteroatoms. The summed E-state index contributed by atoms with van der Waals surface area (Å²) in [6.07, 6.45) is 4.80. The number of nitrogen functional groups attached to an aromatic ring is 1. The van der Waals surface area contributed by atoms with Crippen LogP contribution < -0.4 is 10.5 Å². The van der Waals surface area contributed by atoms with Gasteiger partial charge in [0.2, 0.25) is 0 Å². The molecule has 0 aliphatic rings. The molecule has 0 aliphatic carbocycles. The minimum Gasteiger partial charge on any atom is -0.497 e. The highest BCUT2D eigenvalue weighted by molar-refractivity contribution is 6.00. The lowest BCUT2D eigenvalue weighted by Gasteiger charge is -2.13. The van der Waals surface area contributed by atoms with E-state index in [9.17, 15) is 8.78 Å². The number of ether oxygens (including phenoxy) is 1. The Labute approximate surface area is 187 Å². The number of benzene rings is 2. The van der Waals surface area contributed by atoms with E-state index in [1.54, 1.807) is 42.7 Å². The van der Waals surface area contributed by atoms with E-state index in [1.807, 2.05) is 11.5 Å². The van der Waals surface area contributed by atoms with Gasteiger partial charge in [-0.2, -0.15) is 0 Å². The van der Waals surface area contributed by atoms with E-state index in [2.05, 4.69) is 19.9 Å². The van der Waals surface area contributed by atoms with Crippen LogP contribution in [0.3, 0.4) is 0 Å². The van der Waals surface area contributed by atoms with Crippen LogP contribution in [0, 0.1) is 11.6 Å². The molecule has 3 aromatic heterocycles. The highest BCUT2D eigenvalue weighted by Gasteiger charge is 2.22. The number of hydrogen-bond donors (Lipinski definition) is 2. The quantitative estimate of drug-likeness (QED) is 0.398. The summed E-state index contributed by atoms with van der Waals surface area (Å²) in [5, 5.41) is 0.544. The Morgan fingerprint density at radius 2 is 1.82 bits per heavy atom. The number of H-pyrrole nitrogens is 1. The van der Waals surface area contributed by atoms with Crippen LogP contribution in [0.1, 0.15) is 18.7 Å². The van der Waals surface area contributed by atoms with Crippen molar-refractivity contribution in [3.05, 3.63) is 78.5 Å². The van der Waals surface area contributed by atoms with Gasteiger partial charge < -0.3 is 20.0 Å². The van der Waals surface area contributed by atoms with Gasteiger partial charge in [-0.1, -0.05) is 12.1 Å². The van der Waals surface area contributed by atoms with Crippen molar-refractivity contribution in [2.75, 3.05) is 12.8 Å². The second-order valence-electron chi connectivity index (χ2n) is 7.60. The molecule has 3 heterocycles. The van der Waals surface area contributed by atoms with Gasteiger partial charge in [0.15, 0.2) is 0 Å². The molecule has 0 amide bonds. The summed E-state index contributed by atoms with van der Waals surface area (Å²) < 4.78 is 36.1. The molecule has 0 fully saturated rings. The number of anilines is 1. The average Bonchev–Trinajstić information content (AvgIpc) is 3.45. The first-order valence-corrected chi connectivity index (χ1v) is 10.2. The van der Waals surface area contributed by atoms with E-state index in [0.29, 0.717) is 39.3 Å². The van der Waals surface area contributed by atoms with Gasteiger partial charge in [-0.25, -0.2) is 23.7 Å². The lowest BCUT2D eigenvalue weighted by molar-refractivity contribution is 0.411. The van der Waals surface area contributed by atoms with E-state index in [0.717, 1.165) is 5.69 Å². The van der Waals surface area contributed by atoms with Crippen molar-refractivity contribution in [3.8, 4) is 28.3 Å². The number of imidazole rings is 1. The van der Waals surface area contributed by atoms with Crippen LogP contribution in [0.4, 0.5) is 14.6 Å². The molecule has 0 saturated heterocycles. The second-order valence-corrected chi connectivity index (χ2v) is 7.60. The van der Waals surface area contributed by atoms with Crippen molar-refractivity contribution < 1.29 is 13.5 Å². The molecule has 0 spiro atoms. The minimum atomic E-state index is -0.451. The number of methoxy groups -OCH3 is 1. The molecule has 2 aromatic carbocycles. The molecule has 1 unspecified atom stereocenters. The maximum absolute atomic E-state index is 14.9. The number of nitrogens with one attached hydrogen (secondary N) is 1. The predicted molar refractivity (Wildman–Crippen MR) is 122 cm³/mol. The molecule has 0 aliphatic heterocycles. The third kappa shape index (κ3) is 3.47. The molecule has 5 aromatic rings. The Bertz CT molecular complexity index is 1480. The predicted octanol–water partition coefficient (Wildman–Crippen LogP) is 4.97. The SMILES string of the molecule is COc1ccc(-c2cn(C(C)c3cnc(-c4ccccc4F)[nH]3)c3ncnc(N)c23)c(F)c1. The summed E-state index contributed by atoms with van der Waals surface area (Å²) in [5.74, 6) is 0.258. The van der Waals surface area contributed by atoms with E-state index in [1.165, 1.54) is 25.6 Å². The van der Waals surface area contributed by atoms with Crippen molar-refractivity contribution in [2.45, 2.75) is 13.0 Å². The highest BCUT2D eigenvalue weighted by Crippen LogP contribution is 2.37. The Hall–Kier alpha value is -4.27. The number of fused-ring (bicyclic) bond motifs is 1. The van der Waals surface area contributed by atoms with Crippen molar-refractivity contribution in [1.82, 2.24) is 24.5 Å². The van der Waals surface area contributed by atoms with Gasteiger partial charge in [-0.3, -0.25) is 0 Å². The normalized spacial score (nSPS) is 12.2. The number of nitrogens with zero attached hydrogens (tertiary/aromatic N) is 4. The standard InChI is InChI=1S/C24H20F2N6O/c1-13(20-10-28-23(31-20)16-5-3-4-6-18(16)25)32-11-17(21-22(27)29-12-30-24(21)32)15-8-7-14(33-2)9-19(15)26/h3-13H,1-2H3,(H,28,31)(H2,27,29,30). The van der Waals surface area contributed by atoms with Crippen molar-refractivity contribution in [3.63, 3.8) is 0 Å². The van der Waals surface area contributed by atoms with E-state index < -0.39 is 5.82 Å². The molecule has 33 heavy (non-hydrogen) atoms. The van der Waals surface area contributed by atoms with Crippen LogP contribution in [-0.2, 0) is 0 Å². The smallest absolute Gasteiger partial charge is 0.146 e. The fourth-order valence-electron chi connectivity index (χ4n) is 3.94. The van der Waals surface area contributed by atoms with Crippen LogP contribution in [0.2, 0.25) is 0 Å². The number of aromatic amines is 1. The Balaban J connectivity index is 1.63. The minimum absolute atomic E-state index is 0.243. The van der Waals surface area contributed by atoms with Crippen LogP contribution >= 0.6 is 0 Å². The summed E-state index contributed by atoms with van der Waals surface area (Å²) in [7, 11) is 1.48. The summed E-state index contributed by atoms with van der Waals surface area (Å²) in [6.45, 7) is 1.94. The number of rotatable bonds is 5. The molecule has 0 radical (unpaired) electrons. The van der Waals surface area contributed by atoms with Gasteiger partial charge in [-0.15, -0.1) is 0 Å². The molecule has 0 saturated carbocycles. The largest absolute Gasteiger partial charge is 0.497 e. The maximum Gasteiger partial charge on any atom is 0.146 e. The van der Waals surface area contributed by atoms with Crippen LogP contribution in [0.15, 0.2) is 61.2 Å². The van der Waals surface area contributed by atoms with Gasteiger partial charge >= 0.3 is 0 Å².